The molecule has 0 aliphatic heterocycles. The maximum Gasteiger partial charge on any atom is 0.315 e. The highest BCUT2D eigenvalue weighted by Crippen LogP contribution is 2.15. The van der Waals surface area contributed by atoms with E-state index in [1.165, 1.54) is 18.3 Å². The summed E-state index contributed by atoms with van der Waals surface area (Å²) in [6.07, 6.45) is 0. The first-order valence-corrected chi connectivity index (χ1v) is 7.06. The van der Waals surface area contributed by atoms with Gasteiger partial charge < -0.3 is 10.6 Å². The number of nitrogens with zero attached hydrogens (tertiary/aromatic N) is 2. The molecule has 0 atom stereocenters. The molecular formula is C13H13N5O3S. The molecule has 1 aromatic heterocycles. The Morgan fingerprint density at radius 2 is 1.45 bits per heavy atom. The maximum atomic E-state index is 11.7. The molecule has 2 rings (SSSR count). The van der Waals surface area contributed by atoms with Crippen LogP contribution in [-0.2, 0) is 14.4 Å². The predicted molar refractivity (Wildman–Crippen MR) is 82.7 cm³/mol. The van der Waals surface area contributed by atoms with Crippen LogP contribution in [0.1, 0.15) is 11.9 Å². The smallest absolute Gasteiger partial charge is 0.315 e. The molecule has 2 aromatic rings. The Kier molecular flexibility index (Phi) is 4.79. The van der Waals surface area contributed by atoms with Crippen LogP contribution in [0, 0.1) is 6.92 Å². The van der Waals surface area contributed by atoms with Gasteiger partial charge in [0.15, 0.2) is 0 Å². The fraction of sp³-hybridized carbons (Fsp3) is 0.154. The van der Waals surface area contributed by atoms with Crippen LogP contribution >= 0.6 is 11.3 Å². The van der Waals surface area contributed by atoms with Crippen molar-refractivity contribution in [2.24, 2.45) is 0 Å². The van der Waals surface area contributed by atoms with Crippen LogP contribution in [0.15, 0.2) is 24.3 Å². The molecule has 3 N–H and O–H groups in total. The topological polar surface area (TPSA) is 113 Å². The zero-order valence-electron chi connectivity index (χ0n) is 11.8. The minimum Gasteiger partial charge on any atom is -0.326 e. The summed E-state index contributed by atoms with van der Waals surface area (Å²) in [6.45, 7) is 3.14. The summed E-state index contributed by atoms with van der Waals surface area (Å²) in [6, 6.07) is 6.38. The second kappa shape index (κ2) is 6.76. The number of aromatic nitrogens is 2. The number of carbonyl (C=O) groups is 3. The van der Waals surface area contributed by atoms with Gasteiger partial charge >= 0.3 is 11.8 Å². The van der Waals surface area contributed by atoms with Gasteiger partial charge in [-0.2, -0.15) is 0 Å². The molecule has 8 nitrogen and oxygen atoms in total. The van der Waals surface area contributed by atoms with Crippen LogP contribution in [0.4, 0.5) is 16.5 Å². The van der Waals surface area contributed by atoms with Crippen LogP contribution in [0.2, 0.25) is 0 Å². The summed E-state index contributed by atoms with van der Waals surface area (Å²) in [5.41, 5.74) is 1.03. The van der Waals surface area contributed by atoms with E-state index in [1.54, 1.807) is 31.2 Å². The number of nitrogens with one attached hydrogen (secondary N) is 3. The van der Waals surface area contributed by atoms with Gasteiger partial charge in [0, 0.05) is 18.3 Å². The third-order valence-electron chi connectivity index (χ3n) is 2.42. The molecule has 3 amide bonds. The molecule has 0 radical (unpaired) electrons. The predicted octanol–water partition coefficient (Wildman–Crippen LogP) is 1.38. The second-order valence-corrected chi connectivity index (χ2v) is 5.47. The molecule has 0 fully saturated rings. The Hall–Kier alpha value is -2.81. The van der Waals surface area contributed by atoms with Crippen LogP contribution in [0.3, 0.4) is 0 Å². The fourth-order valence-corrected chi connectivity index (χ4v) is 2.12. The molecular weight excluding hydrogens is 306 g/mol. The quantitative estimate of drug-likeness (QED) is 0.740. The van der Waals surface area contributed by atoms with E-state index in [-0.39, 0.29) is 11.0 Å². The van der Waals surface area contributed by atoms with Gasteiger partial charge in [0.05, 0.1) is 0 Å². The number of aryl methyl sites for hydroxylation is 1. The summed E-state index contributed by atoms with van der Waals surface area (Å²) in [5, 5.41) is 15.8. The molecule has 0 unspecified atom stereocenters. The molecule has 0 bridgehead atoms. The van der Waals surface area contributed by atoms with Gasteiger partial charge in [-0.25, -0.2) is 0 Å². The first-order valence-electron chi connectivity index (χ1n) is 6.24. The summed E-state index contributed by atoms with van der Waals surface area (Å²) < 4.78 is 0. The summed E-state index contributed by atoms with van der Waals surface area (Å²) in [5.74, 6) is -1.84. The molecule has 0 aliphatic carbocycles. The maximum absolute atomic E-state index is 11.7. The largest absolute Gasteiger partial charge is 0.326 e. The van der Waals surface area contributed by atoms with Gasteiger partial charge in [-0.1, -0.05) is 11.3 Å². The first kappa shape index (κ1) is 15.6. The Bertz CT molecular complexity index is 711. The Labute approximate surface area is 129 Å². The molecule has 0 saturated heterocycles. The number of hydrogen-bond acceptors (Lipinski definition) is 6. The molecule has 1 heterocycles. The van der Waals surface area contributed by atoms with E-state index in [9.17, 15) is 14.4 Å². The zero-order valence-corrected chi connectivity index (χ0v) is 12.7. The third-order valence-corrected chi connectivity index (χ3v) is 3.17. The monoisotopic (exact) mass is 319 g/mol. The number of hydrogen-bond donors (Lipinski definition) is 3. The summed E-state index contributed by atoms with van der Waals surface area (Å²) in [7, 11) is 0. The van der Waals surface area contributed by atoms with Crippen molar-refractivity contribution in [2.45, 2.75) is 13.8 Å². The van der Waals surface area contributed by atoms with Crippen LogP contribution in [0.5, 0.6) is 0 Å². The fourth-order valence-electron chi connectivity index (χ4n) is 1.53. The lowest BCUT2D eigenvalue weighted by Gasteiger charge is -2.06. The van der Waals surface area contributed by atoms with Crippen molar-refractivity contribution in [3.63, 3.8) is 0 Å². The van der Waals surface area contributed by atoms with Gasteiger partial charge in [0.25, 0.3) is 0 Å². The van der Waals surface area contributed by atoms with Gasteiger partial charge in [-0.05, 0) is 31.2 Å². The molecule has 9 heteroatoms. The number of amides is 3. The van der Waals surface area contributed by atoms with Crippen molar-refractivity contribution in [3.8, 4) is 0 Å². The highest BCUT2D eigenvalue weighted by molar-refractivity contribution is 7.15. The van der Waals surface area contributed by atoms with Crippen molar-refractivity contribution in [1.29, 1.82) is 0 Å². The molecule has 0 saturated carbocycles. The van der Waals surface area contributed by atoms with Crippen molar-refractivity contribution in [3.05, 3.63) is 29.3 Å². The van der Waals surface area contributed by atoms with E-state index in [0.717, 1.165) is 0 Å². The van der Waals surface area contributed by atoms with E-state index >= 15 is 0 Å². The molecule has 0 spiro atoms. The second-order valence-electron chi connectivity index (χ2n) is 4.29. The highest BCUT2D eigenvalue weighted by atomic mass is 32.1. The molecule has 1 aromatic carbocycles. The third kappa shape index (κ3) is 4.35. The lowest BCUT2D eigenvalue weighted by molar-refractivity contribution is -0.133. The van der Waals surface area contributed by atoms with E-state index in [4.69, 9.17) is 0 Å². The average molecular weight is 319 g/mol. The molecule has 0 aliphatic rings. The lowest BCUT2D eigenvalue weighted by Crippen LogP contribution is -2.29. The van der Waals surface area contributed by atoms with Crippen molar-refractivity contribution < 1.29 is 14.4 Å². The van der Waals surface area contributed by atoms with E-state index in [2.05, 4.69) is 26.1 Å². The van der Waals surface area contributed by atoms with Crippen molar-refractivity contribution in [2.75, 3.05) is 16.0 Å². The minimum atomic E-state index is -0.831. The normalized spacial score (nSPS) is 9.91. The Morgan fingerprint density at radius 3 is 1.95 bits per heavy atom. The van der Waals surface area contributed by atoms with E-state index in [0.29, 0.717) is 16.4 Å². The Morgan fingerprint density at radius 1 is 0.909 bits per heavy atom. The van der Waals surface area contributed by atoms with Gasteiger partial charge in [-0.15, -0.1) is 10.2 Å². The Balaban J connectivity index is 1.93. The van der Waals surface area contributed by atoms with E-state index in [1.807, 2.05) is 0 Å². The van der Waals surface area contributed by atoms with Gasteiger partial charge in [-0.3, -0.25) is 19.7 Å². The summed E-state index contributed by atoms with van der Waals surface area (Å²) in [4.78, 5) is 34.3. The number of anilines is 3. The van der Waals surface area contributed by atoms with Crippen LogP contribution in [0.25, 0.3) is 0 Å². The van der Waals surface area contributed by atoms with Crippen molar-refractivity contribution >= 4 is 45.6 Å². The van der Waals surface area contributed by atoms with Crippen LogP contribution in [-0.4, -0.2) is 27.9 Å². The lowest BCUT2D eigenvalue weighted by atomic mass is 10.2. The standard InChI is InChI=1S/C13H13N5O3S/c1-7(19)14-9-3-5-10(6-4-9)15-11(20)12(21)16-13-18-17-8(2)22-13/h3-6H,1-2H3,(H,14,19)(H,15,20)(H,16,18,21). The summed E-state index contributed by atoms with van der Waals surface area (Å²) >= 11 is 1.17. The van der Waals surface area contributed by atoms with E-state index < -0.39 is 11.8 Å². The highest BCUT2D eigenvalue weighted by Gasteiger charge is 2.15. The zero-order chi connectivity index (χ0) is 16.1. The average Bonchev–Trinajstić information content (AvgIpc) is 2.85. The number of benzene rings is 1. The molecule has 114 valence electrons. The minimum absolute atomic E-state index is 0.191. The molecule has 22 heavy (non-hydrogen) atoms. The van der Waals surface area contributed by atoms with Gasteiger partial charge in [0.1, 0.15) is 5.01 Å². The van der Waals surface area contributed by atoms with Crippen molar-refractivity contribution in [1.82, 2.24) is 10.2 Å². The SMILES string of the molecule is CC(=O)Nc1ccc(NC(=O)C(=O)Nc2nnc(C)s2)cc1. The van der Waals surface area contributed by atoms with Gasteiger partial charge in [0.2, 0.25) is 11.0 Å². The first-order chi connectivity index (χ1) is 10.4. The number of rotatable bonds is 3. The van der Waals surface area contributed by atoms with Crippen LogP contribution < -0.4 is 16.0 Å². The number of carbonyl (C=O) groups excluding carboxylic acids is 3.